The number of fused-ring (bicyclic) bond motifs is 1. The molecular formula is C14H17ClN2O3. The van der Waals surface area contributed by atoms with E-state index < -0.39 is 0 Å². The number of rotatable bonds is 8. The number of hydrogen-bond acceptors (Lipinski definition) is 4. The van der Waals surface area contributed by atoms with Gasteiger partial charge < -0.3 is 14.6 Å². The Morgan fingerprint density at radius 2 is 2.20 bits per heavy atom. The minimum absolute atomic E-state index is 0.0682. The summed E-state index contributed by atoms with van der Waals surface area (Å²) in [7, 11) is 0. The number of aromatic nitrogens is 1. The zero-order valence-corrected chi connectivity index (χ0v) is 11.9. The molecule has 0 spiro atoms. The molecule has 0 atom stereocenters. The van der Waals surface area contributed by atoms with Crippen LogP contribution in [0.3, 0.4) is 0 Å². The van der Waals surface area contributed by atoms with Crippen LogP contribution in [0, 0.1) is 0 Å². The molecule has 2 aromatic rings. The fourth-order valence-electron chi connectivity index (χ4n) is 1.84. The van der Waals surface area contributed by atoms with E-state index in [0.717, 1.165) is 11.8 Å². The SMILES string of the molecule is O=C(Cc1noc2ccccc12)NCCCOCCCl. The van der Waals surface area contributed by atoms with Crippen molar-refractivity contribution in [3.05, 3.63) is 30.0 Å². The summed E-state index contributed by atoms with van der Waals surface area (Å²) in [6.07, 6.45) is 0.988. The number of para-hydroxylation sites is 1. The fraction of sp³-hybridized carbons (Fsp3) is 0.429. The molecule has 1 amide bonds. The highest BCUT2D eigenvalue weighted by Crippen LogP contribution is 2.17. The molecule has 108 valence electrons. The number of amides is 1. The molecule has 1 heterocycles. The lowest BCUT2D eigenvalue weighted by molar-refractivity contribution is -0.120. The van der Waals surface area contributed by atoms with Crippen LogP contribution in [0.15, 0.2) is 28.8 Å². The van der Waals surface area contributed by atoms with Crippen LogP contribution in [0.4, 0.5) is 0 Å². The number of ether oxygens (including phenoxy) is 1. The summed E-state index contributed by atoms with van der Waals surface area (Å²) in [6, 6.07) is 7.50. The molecule has 0 aliphatic carbocycles. The first kappa shape index (κ1) is 14.8. The van der Waals surface area contributed by atoms with Gasteiger partial charge in [0.2, 0.25) is 5.91 Å². The summed E-state index contributed by atoms with van der Waals surface area (Å²) in [5, 5.41) is 7.64. The number of carbonyl (C=O) groups is 1. The lowest BCUT2D eigenvalue weighted by Gasteiger charge is -2.04. The minimum Gasteiger partial charge on any atom is -0.380 e. The Morgan fingerprint density at radius 1 is 1.35 bits per heavy atom. The highest BCUT2D eigenvalue weighted by molar-refractivity contribution is 6.17. The van der Waals surface area contributed by atoms with Crippen molar-refractivity contribution < 1.29 is 14.1 Å². The highest BCUT2D eigenvalue weighted by Gasteiger charge is 2.11. The van der Waals surface area contributed by atoms with Crippen molar-refractivity contribution in [3.63, 3.8) is 0 Å². The van der Waals surface area contributed by atoms with Gasteiger partial charge in [0.1, 0.15) is 5.69 Å². The van der Waals surface area contributed by atoms with Gasteiger partial charge in [-0.1, -0.05) is 17.3 Å². The van der Waals surface area contributed by atoms with E-state index in [1.165, 1.54) is 0 Å². The van der Waals surface area contributed by atoms with Crippen LogP contribution in [-0.2, 0) is 16.0 Å². The molecule has 5 nitrogen and oxygen atoms in total. The van der Waals surface area contributed by atoms with Crippen molar-refractivity contribution in [3.8, 4) is 0 Å². The van der Waals surface area contributed by atoms with E-state index in [4.69, 9.17) is 20.9 Å². The van der Waals surface area contributed by atoms with E-state index >= 15 is 0 Å². The van der Waals surface area contributed by atoms with E-state index in [2.05, 4.69) is 10.5 Å². The second-order valence-corrected chi connectivity index (χ2v) is 4.69. The summed E-state index contributed by atoms with van der Waals surface area (Å²) in [6.45, 7) is 1.72. The Morgan fingerprint density at radius 3 is 3.05 bits per heavy atom. The van der Waals surface area contributed by atoms with Crippen LogP contribution in [0.1, 0.15) is 12.1 Å². The van der Waals surface area contributed by atoms with Crippen LogP contribution in [0.2, 0.25) is 0 Å². The highest BCUT2D eigenvalue weighted by atomic mass is 35.5. The number of halogens is 1. The van der Waals surface area contributed by atoms with Crippen LogP contribution >= 0.6 is 11.6 Å². The van der Waals surface area contributed by atoms with E-state index in [1.54, 1.807) is 0 Å². The quantitative estimate of drug-likeness (QED) is 0.599. The molecule has 1 N–H and O–H groups in total. The first-order valence-electron chi connectivity index (χ1n) is 6.55. The monoisotopic (exact) mass is 296 g/mol. The summed E-state index contributed by atoms with van der Waals surface area (Å²) >= 11 is 5.48. The largest absolute Gasteiger partial charge is 0.380 e. The number of benzene rings is 1. The van der Waals surface area contributed by atoms with Crippen LogP contribution in [0.25, 0.3) is 11.0 Å². The van der Waals surface area contributed by atoms with Crippen LogP contribution in [0.5, 0.6) is 0 Å². The van der Waals surface area contributed by atoms with E-state index in [0.29, 0.717) is 36.9 Å². The molecule has 2 rings (SSSR count). The van der Waals surface area contributed by atoms with Gasteiger partial charge in [0.15, 0.2) is 5.58 Å². The maximum absolute atomic E-state index is 11.8. The zero-order valence-electron chi connectivity index (χ0n) is 11.1. The standard InChI is InChI=1S/C14H17ClN2O3/c15-6-9-19-8-3-7-16-14(18)10-12-11-4-1-2-5-13(11)20-17-12/h1-2,4-5H,3,6-10H2,(H,16,18). The van der Waals surface area contributed by atoms with Crippen molar-refractivity contribution in [1.82, 2.24) is 10.5 Å². The zero-order chi connectivity index (χ0) is 14.2. The average Bonchev–Trinajstić information content (AvgIpc) is 2.86. The second kappa shape index (κ2) is 7.87. The molecule has 6 heteroatoms. The smallest absolute Gasteiger partial charge is 0.226 e. The number of hydrogen-bond donors (Lipinski definition) is 1. The number of nitrogens with zero attached hydrogens (tertiary/aromatic N) is 1. The molecule has 0 aliphatic heterocycles. The first-order chi connectivity index (χ1) is 9.81. The van der Waals surface area contributed by atoms with Gasteiger partial charge in [-0.05, 0) is 18.6 Å². The first-order valence-corrected chi connectivity index (χ1v) is 7.08. The van der Waals surface area contributed by atoms with Gasteiger partial charge in [-0.2, -0.15) is 0 Å². The number of carbonyl (C=O) groups excluding carboxylic acids is 1. The topological polar surface area (TPSA) is 64.4 Å². The number of nitrogens with one attached hydrogen (secondary N) is 1. The summed E-state index contributed by atoms with van der Waals surface area (Å²) in [5.74, 6) is 0.424. The molecule has 0 bridgehead atoms. The number of alkyl halides is 1. The molecule has 0 saturated carbocycles. The third-order valence-electron chi connectivity index (χ3n) is 2.79. The van der Waals surface area contributed by atoms with Gasteiger partial charge in [-0.15, -0.1) is 11.6 Å². The Hall–Kier alpha value is -1.59. The fourth-order valence-corrected chi connectivity index (χ4v) is 1.95. The van der Waals surface area contributed by atoms with Gasteiger partial charge in [0, 0.05) is 24.4 Å². The molecule has 0 aliphatic rings. The predicted molar refractivity (Wildman–Crippen MR) is 76.9 cm³/mol. The van der Waals surface area contributed by atoms with Crippen molar-refractivity contribution in [1.29, 1.82) is 0 Å². The molecule has 0 fully saturated rings. The molecule has 20 heavy (non-hydrogen) atoms. The van der Waals surface area contributed by atoms with Crippen molar-refractivity contribution >= 4 is 28.5 Å². The lowest BCUT2D eigenvalue weighted by Crippen LogP contribution is -2.27. The normalized spacial score (nSPS) is 10.8. The third kappa shape index (κ3) is 4.21. The minimum atomic E-state index is -0.0682. The third-order valence-corrected chi connectivity index (χ3v) is 2.94. The Bertz CT molecular complexity index is 556. The molecule has 0 unspecified atom stereocenters. The van der Waals surface area contributed by atoms with Gasteiger partial charge in [-0.25, -0.2) is 0 Å². The van der Waals surface area contributed by atoms with Crippen LogP contribution < -0.4 is 5.32 Å². The Balaban J connectivity index is 1.74. The molecule has 0 radical (unpaired) electrons. The molecule has 1 aromatic heterocycles. The second-order valence-electron chi connectivity index (χ2n) is 4.31. The summed E-state index contributed by atoms with van der Waals surface area (Å²) in [4.78, 5) is 11.8. The maximum atomic E-state index is 11.8. The van der Waals surface area contributed by atoms with E-state index in [9.17, 15) is 4.79 Å². The van der Waals surface area contributed by atoms with Crippen molar-refractivity contribution in [2.45, 2.75) is 12.8 Å². The Kier molecular flexibility index (Phi) is 5.83. The Labute approximate surface area is 122 Å². The lowest BCUT2D eigenvalue weighted by atomic mass is 10.1. The van der Waals surface area contributed by atoms with Gasteiger partial charge in [-0.3, -0.25) is 4.79 Å². The van der Waals surface area contributed by atoms with Crippen molar-refractivity contribution in [2.24, 2.45) is 0 Å². The molecular weight excluding hydrogens is 280 g/mol. The van der Waals surface area contributed by atoms with Gasteiger partial charge in [0.25, 0.3) is 0 Å². The average molecular weight is 297 g/mol. The van der Waals surface area contributed by atoms with E-state index in [1.807, 2.05) is 24.3 Å². The van der Waals surface area contributed by atoms with Gasteiger partial charge >= 0.3 is 0 Å². The summed E-state index contributed by atoms with van der Waals surface area (Å²) < 4.78 is 10.4. The molecule has 0 saturated heterocycles. The van der Waals surface area contributed by atoms with Crippen LogP contribution in [-0.4, -0.2) is 36.7 Å². The predicted octanol–water partition coefficient (Wildman–Crippen LogP) is 2.13. The molecule has 1 aromatic carbocycles. The maximum Gasteiger partial charge on any atom is 0.226 e. The van der Waals surface area contributed by atoms with Crippen molar-refractivity contribution in [2.75, 3.05) is 25.6 Å². The van der Waals surface area contributed by atoms with E-state index in [-0.39, 0.29) is 12.3 Å². The summed E-state index contributed by atoms with van der Waals surface area (Å²) in [5.41, 5.74) is 1.36. The van der Waals surface area contributed by atoms with Gasteiger partial charge in [0.05, 0.1) is 13.0 Å².